The average molecular weight is 579 g/mol. The van der Waals surface area contributed by atoms with Crippen molar-refractivity contribution in [2.45, 2.75) is 73.1 Å². The molecule has 0 amide bonds. The molecule has 0 saturated carbocycles. The van der Waals surface area contributed by atoms with E-state index in [1.807, 2.05) is 10.8 Å². The fraction of sp³-hybridized carbons (Fsp3) is 0.448. The lowest BCUT2D eigenvalue weighted by Crippen LogP contribution is -2.25. The number of aromatic nitrogens is 2. The smallest absolute Gasteiger partial charge is 0.340 e. The summed E-state index contributed by atoms with van der Waals surface area (Å²) < 4.78 is 21.2. The summed E-state index contributed by atoms with van der Waals surface area (Å²) in [6.07, 6.45) is 8.70. The van der Waals surface area contributed by atoms with Gasteiger partial charge in [0.2, 0.25) is 6.29 Å². The fourth-order valence-corrected chi connectivity index (χ4v) is 2.20. The monoisotopic (exact) mass is 578 g/mol. The van der Waals surface area contributed by atoms with Gasteiger partial charge >= 0.3 is 29.8 Å². The van der Waals surface area contributed by atoms with Crippen molar-refractivity contribution in [3.8, 4) is 0 Å². The van der Waals surface area contributed by atoms with Crippen molar-refractivity contribution in [1.29, 1.82) is 0 Å². The van der Waals surface area contributed by atoms with Gasteiger partial charge in [-0.15, -0.1) is 0 Å². The molecule has 12 heteroatoms. The van der Waals surface area contributed by atoms with E-state index in [2.05, 4.69) is 36.0 Å². The van der Waals surface area contributed by atoms with E-state index < -0.39 is 17.9 Å². The number of carbonyl (C=O) groups is 5. The minimum atomic E-state index is -0.935. The van der Waals surface area contributed by atoms with Gasteiger partial charge in [0, 0.05) is 54.6 Å². The molecule has 2 rings (SSSR count). The summed E-state index contributed by atoms with van der Waals surface area (Å²) in [7, 11) is 0. The number of ether oxygens (including phenoxy) is 4. The summed E-state index contributed by atoms with van der Waals surface area (Å²) >= 11 is 0. The van der Waals surface area contributed by atoms with Gasteiger partial charge in [-0.1, -0.05) is 26.3 Å². The Morgan fingerprint density at radius 3 is 1.83 bits per heavy atom. The van der Waals surface area contributed by atoms with Gasteiger partial charge < -0.3 is 28.6 Å². The molecule has 1 aromatic rings. The van der Waals surface area contributed by atoms with E-state index in [-0.39, 0.29) is 29.4 Å². The normalized spacial score (nSPS) is 13.0. The van der Waals surface area contributed by atoms with Crippen LogP contribution in [-0.2, 0) is 49.5 Å². The molecule has 1 unspecified atom stereocenters. The summed E-state index contributed by atoms with van der Waals surface area (Å²) in [6, 6.07) is 0. The van der Waals surface area contributed by atoms with Crippen LogP contribution in [0.4, 0.5) is 0 Å². The summed E-state index contributed by atoms with van der Waals surface area (Å²) in [6.45, 7) is 22.7. The molecule has 1 aliphatic heterocycles. The Hall–Kier alpha value is -4.32. The Morgan fingerprint density at radius 2 is 1.46 bits per heavy atom. The molecule has 1 atom stereocenters. The molecule has 1 aromatic heterocycles. The maximum absolute atomic E-state index is 11.0. The second kappa shape index (κ2) is 22.5. The molecule has 0 bridgehead atoms. The fourth-order valence-electron chi connectivity index (χ4n) is 2.20. The number of aliphatic carboxylic acids is 1. The molecular formula is C29H42N2O10. The van der Waals surface area contributed by atoms with Crippen LogP contribution in [0.3, 0.4) is 0 Å². The lowest BCUT2D eigenvalue weighted by molar-refractivity contribution is -0.182. The quantitative estimate of drug-likeness (QED) is 0.146. The van der Waals surface area contributed by atoms with Crippen molar-refractivity contribution in [3.05, 3.63) is 67.3 Å². The lowest BCUT2D eigenvalue weighted by Gasteiger charge is -2.22. The van der Waals surface area contributed by atoms with Crippen molar-refractivity contribution in [2.24, 2.45) is 0 Å². The van der Waals surface area contributed by atoms with E-state index in [0.29, 0.717) is 24.4 Å². The predicted molar refractivity (Wildman–Crippen MR) is 151 cm³/mol. The Labute approximate surface area is 241 Å². The van der Waals surface area contributed by atoms with Crippen LogP contribution in [0.15, 0.2) is 67.3 Å². The number of hydrogen-bond acceptors (Lipinski definition) is 10. The summed E-state index contributed by atoms with van der Waals surface area (Å²) in [4.78, 5) is 56.0. The zero-order chi connectivity index (χ0) is 32.0. The number of carbonyl (C=O) groups excluding carboxylic acids is 4. The van der Waals surface area contributed by atoms with Crippen molar-refractivity contribution in [3.63, 3.8) is 0 Å². The predicted octanol–water partition coefficient (Wildman–Crippen LogP) is 4.32. The third-order valence-electron chi connectivity index (χ3n) is 4.38. The lowest BCUT2D eigenvalue weighted by atomic mass is 10.2. The highest BCUT2D eigenvalue weighted by Crippen LogP contribution is 2.14. The van der Waals surface area contributed by atoms with Gasteiger partial charge in [0.25, 0.3) is 0 Å². The number of hydrogen-bond donors (Lipinski definition) is 1. The maximum atomic E-state index is 11.0. The molecule has 41 heavy (non-hydrogen) atoms. The minimum Gasteiger partial charge on any atom is -0.478 e. The van der Waals surface area contributed by atoms with Gasteiger partial charge in [0.05, 0.1) is 19.5 Å². The molecule has 0 aliphatic carbocycles. The van der Waals surface area contributed by atoms with Crippen LogP contribution in [-0.4, -0.2) is 64.0 Å². The van der Waals surface area contributed by atoms with Crippen LogP contribution in [0.25, 0.3) is 0 Å². The molecular weight excluding hydrogens is 536 g/mol. The van der Waals surface area contributed by atoms with Gasteiger partial charge in [-0.05, 0) is 47.0 Å². The van der Waals surface area contributed by atoms with E-state index in [1.54, 1.807) is 26.4 Å². The molecule has 0 radical (unpaired) electrons. The summed E-state index contributed by atoms with van der Waals surface area (Å²) in [5.41, 5.74) is 1.26. The topological polar surface area (TPSA) is 160 Å². The van der Waals surface area contributed by atoms with Crippen LogP contribution in [0, 0.1) is 0 Å². The van der Waals surface area contributed by atoms with Gasteiger partial charge in [-0.3, -0.25) is 4.79 Å². The first-order chi connectivity index (χ1) is 19.1. The Morgan fingerprint density at radius 1 is 0.902 bits per heavy atom. The zero-order valence-corrected chi connectivity index (χ0v) is 24.6. The van der Waals surface area contributed by atoms with Crippen molar-refractivity contribution < 1.29 is 48.0 Å². The number of carboxylic acids is 1. The van der Waals surface area contributed by atoms with Crippen molar-refractivity contribution >= 4 is 29.8 Å². The summed E-state index contributed by atoms with van der Waals surface area (Å²) in [5.74, 6) is -2.89. The molecule has 2 heterocycles. The first kappa shape index (κ1) is 38.8. The second-order valence-electron chi connectivity index (χ2n) is 8.80. The number of carboxylic acid groups (broad SMARTS) is 1. The first-order valence-electron chi connectivity index (χ1n) is 12.6. The second-order valence-corrected chi connectivity index (χ2v) is 8.80. The van der Waals surface area contributed by atoms with E-state index in [4.69, 9.17) is 19.3 Å². The largest absolute Gasteiger partial charge is 0.478 e. The zero-order valence-electron chi connectivity index (χ0n) is 24.6. The SMILES string of the molecule is C=C(C)C(=O)O.C=C(C)C(=O)OC(C)=O.C=C(C)C(=O)OC1CCCCO1.C=C(C)C(=O)OCCCn1ccnc1. The van der Waals surface area contributed by atoms with Crippen LogP contribution in [0.2, 0.25) is 0 Å². The van der Waals surface area contributed by atoms with Gasteiger partial charge in [0.15, 0.2) is 0 Å². The highest BCUT2D eigenvalue weighted by molar-refractivity contribution is 5.94. The van der Waals surface area contributed by atoms with E-state index in [1.165, 1.54) is 20.8 Å². The highest BCUT2D eigenvalue weighted by atomic mass is 16.7. The molecule has 1 N–H and O–H groups in total. The van der Waals surface area contributed by atoms with Crippen molar-refractivity contribution in [2.75, 3.05) is 13.2 Å². The Kier molecular flexibility index (Phi) is 21.3. The molecule has 1 saturated heterocycles. The van der Waals surface area contributed by atoms with E-state index in [0.717, 1.165) is 32.2 Å². The number of rotatable bonds is 9. The molecule has 12 nitrogen and oxygen atoms in total. The summed E-state index contributed by atoms with van der Waals surface area (Å²) in [5, 5.41) is 7.89. The number of esters is 4. The van der Waals surface area contributed by atoms with E-state index >= 15 is 0 Å². The Bertz CT molecular complexity index is 1040. The van der Waals surface area contributed by atoms with Crippen LogP contribution in [0.1, 0.15) is 60.3 Å². The highest BCUT2D eigenvalue weighted by Gasteiger charge is 2.18. The average Bonchev–Trinajstić information content (AvgIpc) is 3.41. The molecule has 0 spiro atoms. The minimum absolute atomic E-state index is 0.176. The molecule has 1 fully saturated rings. The van der Waals surface area contributed by atoms with Crippen molar-refractivity contribution in [1.82, 2.24) is 9.55 Å². The number of aryl methyl sites for hydroxylation is 1. The van der Waals surface area contributed by atoms with Gasteiger partial charge in [-0.25, -0.2) is 24.2 Å². The van der Waals surface area contributed by atoms with E-state index in [9.17, 15) is 24.0 Å². The van der Waals surface area contributed by atoms with Crippen LogP contribution in [0.5, 0.6) is 0 Å². The van der Waals surface area contributed by atoms with Gasteiger partial charge in [-0.2, -0.15) is 0 Å². The number of imidazole rings is 1. The van der Waals surface area contributed by atoms with Gasteiger partial charge in [0.1, 0.15) is 0 Å². The molecule has 0 aromatic carbocycles. The molecule has 228 valence electrons. The number of nitrogens with zero attached hydrogens (tertiary/aromatic N) is 2. The molecule has 1 aliphatic rings. The maximum Gasteiger partial charge on any atom is 0.340 e. The standard InChI is InChI=1S/C10H14N2O2.C9H14O3.C6H8O3.C4H6O2/c1-9(2)10(13)14-7-3-5-12-6-4-11-8-12;1-7(2)9(10)12-8-5-3-4-6-11-8;1-4(2)6(8)9-5(3)7;1-3(2)4(5)6/h4,6,8H,1,3,5,7H2,2H3;8H,1,3-6H2,2H3;1H2,2-3H3;1H2,2H3,(H,5,6). The Balaban J connectivity index is 0. The van der Waals surface area contributed by atoms with Crippen LogP contribution >= 0.6 is 0 Å². The van der Waals surface area contributed by atoms with Crippen LogP contribution < -0.4 is 0 Å². The third kappa shape index (κ3) is 23.3. The third-order valence-corrected chi connectivity index (χ3v) is 4.38. The first-order valence-corrected chi connectivity index (χ1v) is 12.6.